The first-order valence-electron chi connectivity index (χ1n) is 5.90. The van der Waals surface area contributed by atoms with Gasteiger partial charge < -0.3 is 9.84 Å². The quantitative estimate of drug-likeness (QED) is 0.915. The standard InChI is InChI=1S/C15H15FO2S/c1-10(17)11-7-8-14(12(16)9-11)19-15-6-4-3-5-13(15)18-2/h3-10,17H,1-2H3. The summed E-state index contributed by atoms with van der Waals surface area (Å²) in [6.07, 6.45) is -0.667. The monoisotopic (exact) mass is 278 g/mol. The SMILES string of the molecule is COc1ccccc1Sc1ccc(C(C)O)cc1F. The molecule has 2 aromatic carbocycles. The van der Waals surface area contributed by atoms with Crippen molar-refractivity contribution in [3.63, 3.8) is 0 Å². The molecule has 0 saturated carbocycles. The summed E-state index contributed by atoms with van der Waals surface area (Å²) in [6, 6.07) is 12.2. The van der Waals surface area contributed by atoms with Crippen LogP contribution in [0.4, 0.5) is 4.39 Å². The number of para-hydroxylation sites is 1. The number of halogens is 1. The van der Waals surface area contributed by atoms with Crippen molar-refractivity contribution in [1.82, 2.24) is 0 Å². The highest BCUT2D eigenvalue weighted by atomic mass is 32.2. The number of aliphatic hydroxyl groups is 1. The highest BCUT2D eigenvalue weighted by Gasteiger charge is 2.10. The minimum atomic E-state index is -0.667. The Balaban J connectivity index is 2.28. The van der Waals surface area contributed by atoms with E-state index in [-0.39, 0.29) is 5.82 Å². The van der Waals surface area contributed by atoms with Crippen molar-refractivity contribution < 1.29 is 14.2 Å². The fraction of sp³-hybridized carbons (Fsp3) is 0.200. The molecule has 0 amide bonds. The lowest BCUT2D eigenvalue weighted by molar-refractivity contribution is 0.198. The van der Waals surface area contributed by atoms with Crippen molar-refractivity contribution in [1.29, 1.82) is 0 Å². The van der Waals surface area contributed by atoms with Gasteiger partial charge in [0.15, 0.2) is 0 Å². The van der Waals surface area contributed by atoms with Crippen LogP contribution < -0.4 is 4.74 Å². The number of rotatable bonds is 4. The fourth-order valence-electron chi connectivity index (χ4n) is 1.68. The van der Waals surface area contributed by atoms with E-state index in [0.717, 1.165) is 4.90 Å². The molecule has 0 aliphatic rings. The minimum Gasteiger partial charge on any atom is -0.496 e. The van der Waals surface area contributed by atoms with Crippen molar-refractivity contribution in [3.05, 3.63) is 53.8 Å². The van der Waals surface area contributed by atoms with Crippen molar-refractivity contribution in [2.75, 3.05) is 7.11 Å². The number of ether oxygens (including phenoxy) is 1. The summed E-state index contributed by atoms with van der Waals surface area (Å²) in [4.78, 5) is 1.36. The van der Waals surface area contributed by atoms with Gasteiger partial charge in [0.05, 0.1) is 18.1 Å². The number of hydrogen-bond acceptors (Lipinski definition) is 3. The Kier molecular flexibility index (Phi) is 4.45. The molecule has 1 atom stereocenters. The number of methoxy groups -OCH3 is 1. The maximum absolute atomic E-state index is 14.0. The predicted octanol–water partition coefficient (Wildman–Crippen LogP) is 4.04. The number of benzene rings is 2. The largest absolute Gasteiger partial charge is 0.496 e. The van der Waals surface area contributed by atoms with E-state index in [4.69, 9.17) is 4.74 Å². The molecular formula is C15H15FO2S. The van der Waals surface area contributed by atoms with Crippen LogP contribution in [0.1, 0.15) is 18.6 Å². The molecule has 0 aliphatic carbocycles. The first-order chi connectivity index (χ1) is 9.11. The van der Waals surface area contributed by atoms with E-state index in [9.17, 15) is 9.50 Å². The molecule has 2 rings (SSSR count). The summed E-state index contributed by atoms with van der Waals surface area (Å²) >= 11 is 1.30. The zero-order chi connectivity index (χ0) is 13.8. The Bertz CT molecular complexity index is 570. The molecule has 100 valence electrons. The van der Waals surface area contributed by atoms with Crippen molar-refractivity contribution in [3.8, 4) is 5.75 Å². The van der Waals surface area contributed by atoms with E-state index < -0.39 is 6.10 Å². The number of aliphatic hydroxyl groups excluding tert-OH is 1. The Morgan fingerprint density at radius 2 is 1.89 bits per heavy atom. The average molecular weight is 278 g/mol. The third kappa shape index (κ3) is 3.28. The molecule has 0 heterocycles. The first-order valence-corrected chi connectivity index (χ1v) is 6.72. The fourth-order valence-corrected chi connectivity index (χ4v) is 2.61. The Morgan fingerprint density at radius 1 is 1.16 bits per heavy atom. The molecular weight excluding hydrogens is 263 g/mol. The summed E-state index contributed by atoms with van der Waals surface area (Å²) in [7, 11) is 1.59. The lowest BCUT2D eigenvalue weighted by Crippen LogP contribution is -1.93. The Morgan fingerprint density at radius 3 is 2.53 bits per heavy atom. The van der Waals surface area contributed by atoms with Crippen LogP contribution in [0, 0.1) is 5.82 Å². The summed E-state index contributed by atoms with van der Waals surface area (Å²) in [5.41, 5.74) is 0.571. The Hall–Kier alpha value is -1.52. The molecule has 0 spiro atoms. The molecule has 0 bridgehead atoms. The van der Waals surface area contributed by atoms with E-state index in [0.29, 0.717) is 16.2 Å². The summed E-state index contributed by atoms with van der Waals surface area (Å²) in [6.45, 7) is 1.61. The molecule has 2 nitrogen and oxygen atoms in total. The molecule has 0 saturated heterocycles. The molecule has 19 heavy (non-hydrogen) atoms. The third-order valence-corrected chi connectivity index (χ3v) is 3.84. The van der Waals surface area contributed by atoms with Crippen LogP contribution in [0.2, 0.25) is 0 Å². The van der Waals surface area contributed by atoms with Gasteiger partial charge in [0.1, 0.15) is 11.6 Å². The molecule has 1 N–H and O–H groups in total. The highest BCUT2D eigenvalue weighted by molar-refractivity contribution is 7.99. The van der Waals surface area contributed by atoms with E-state index >= 15 is 0 Å². The second-order valence-electron chi connectivity index (χ2n) is 4.12. The average Bonchev–Trinajstić information content (AvgIpc) is 2.41. The van der Waals surface area contributed by atoms with Crippen molar-refractivity contribution >= 4 is 11.8 Å². The zero-order valence-electron chi connectivity index (χ0n) is 10.8. The van der Waals surface area contributed by atoms with Crippen LogP contribution in [0.15, 0.2) is 52.3 Å². The smallest absolute Gasteiger partial charge is 0.137 e. The molecule has 2 aromatic rings. The van der Waals surface area contributed by atoms with Crippen LogP contribution >= 0.6 is 11.8 Å². The molecule has 0 aromatic heterocycles. The van der Waals surface area contributed by atoms with E-state index in [1.165, 1.54) is 17.8 Å². The van der Waals surface area contributed by atoms with Gasteiger partial charge in [0.2, 0.25) is 0 Å². The molecule has 0 fully saturated rings. The lowest BCUT2D eigenvalue weighted by Gasteiger charge is -2.10. The van der Waals surface area contributed by atoms with Crippen LogP contribution in [0.3, 0.4) is 0 Å². The van der Waals surface area contributed by atoms with Gasteiger partial charge in [-0.1, -0.05) is 30.0 Å². The summed E-state index contributed by atoms with van der Waals surface area (Å²) in [5.74, 6) is 0.376. The van der Waals surface area contributed by atoms with Gasteiger partial charge in [-0.2, -0.15) is 0 Å². The van der Waals surface area contributed by atoms with Crippen LogP contribution in [0.25, 0.3) is 0 Å². The Labute approximate surface area is 116 Å². The maximum atomic E-state index is 14.0. The topological polar surface area (TPSA) is 29.5 Å². The molecule has 1 unspecified atom stereocenters. The van der Waals surface area contributed by atoms with Crippen LogP contribution in [-0.4, -0.2) is 12.2 Å². The van der Waals surface area contributed by atoms with E-state index in [2.05, 4.69) is 0 Å². The van der Waals surface area contributed by atoms with Crippen LogP contribution in [-0.2, 0) is 0 Å². The first kappa shape index (κ1) is 13.9. The van der Waals surface area contributed by atoms with Crippen molar-refractivity contribution in [2.24, 2.45) is 0 Å². The lowest BCUT2D eigenvalue weighted by atomic mass is 10.1. The van der Waals surface area contributed by atoms with Crippen molar-refractivity contribution in [2.45, 2.75) is 22.8 Å². The van der Waals surface area contributed by atoms with Gasteiger partial charge in [-0.25, -0.2) is 4.39 Å². The van der Waals surface area contributed by atoms with Gasteiger partial charge in [-0.05, 0) is 36.8 Å². The van der Waals surface area contributed by atoms with Crippen LogP contribution in [0.5, 0.6) is 5.75 Å². The zero-order valence-corrected chi connectivity index (χ0v) is 11.6. The normalized spacial score (nSPS) is 12.2. The van der Waals surface area contributed by atoms with E-state index in [1.54, 1.807) is 26.2 Å². The minimum absolute atomic E-state index is 0.339. The van der Waals surface area contributed by atoms with E-state index in [1.807, 2.05) is 24.3 Å². The van der Waals surface area contributed by atoms with Gasteiger partial charge in [0.25, 0.3) is 0 Å². The highest BCUT2D eigenvalue weighted by Crippen LogP contribution is 2.36. The number of hydrogen-bond donors (Lipinski definition) is 1. The van der Waals surface area contributed by atoms with Gasteiger partial charge in [-0.3, -0.25) is 0 Å². The third-order valence-electron chi connectivity index (χ3n) is 2.73. The maximum Gasteiger partial charge on any atom is 0.137 e. The summed E-state index contributed by atoms with van der Waals surface area (Å²) < 4.78 is 19.2. The van der Waals surface area contributed by atoms with Gasteiger partial charge in [0, 0.05) is 4.90 Å². The van der Waals surface area contributed by atoms with Gasteiger partial charge in [-0.15, -0.1) is 0 Å². The molecule has 0 aliphatic heterocycles. The van der Waals surface area contributed by atoms with Gasteiger partial charge >= 0.3 is 0 Å². The second kappa shape index (κ2) is 6.08. The second-order valence-corrected chi connectivity index (χ2v) is 5.20. The summed E-state index contributed by atoms with van der Waals surface area (Å²) in [5, 5.41) is 9.42. The predicted molar refractivity (Wildman–Crippen MR) is 74.2 cm³/mol. The molecule has 4 heteroatoms. The molecule has 0 radical (unpaired) electrons.